The number of alkyl halides is 3. The molecule has 0 aromatic carbocycles. The summed E-state index contributed by atoms with van der Waals surface area (Å²) in [5, 5.41) is 5.63. The molecule has 0 aromatic rings. The highest BCUT2D eigenvalue weighted by atomic mass is 19.4. The first-order chi connectivity index (χ1) is 15.3. The number of hydrogen-bond donors (Lipinski definition) is 2. The lowest BCUT2D eigenvalue weighted by Crippen LogP contribution is -2.61. The molecule has 4 aliphatic rings. The Morgan fingerprint density at radius 2 is 1.79 bits per heavy atom. The van der Waals surface area contributed by atoms with E-state index < -0.39 is 35.9 Å². The first-order valence-corrected chi connectivity index (χ1v) is 12.7. The average Bonchev–Trinajstić information content (AvgIpc) is 3.12. The summed E-state index contributed by atoms with van der Waals surface area (Å²) >= 11 is 0. The van der Waals surface area contributed by atoms with Crippen LogP contribution in [0.2, 0.25) is 0 Å². The molecule has 186 valence electrons. The standard InChI is InChI=1S/C26H39F3N2O2/c1-14(2)21(15(3)26(27,28)29)31-23(33)17-13-25(5)19-10-12-24(4)11-6-7-18(24)16(19)8-9-20(25)30-22(17)32/h13-16,18-21H,6-12H2,1-5H3,(H,30,32)(H,31,33)/t15?,16-,18-,19+,20?,21?,24-,25+/m0/s1. The highest BCUT2D eigenvalue weighted by molar-refractivity contribution is 6.19. The van der Waals surface area contributed by atoms with Gasteiger partial charge in [-0.15, -0.1) is 0 Å². The summed E-state index contributed by atoms with van der Waals surface area (Å²) in [6.07, 6.45) is 5.46. The van der Waals surface area contributed by atoms with Crippen LogP contribution in [0.3, 0.4) is 0 Å². The summed E-state index contributed by atoms with van der Waals surface area (Å²) in [6.45, 7) is 8.99. The summed E-state index contributed by atoms with van der Waals surface area (Å²) < 4.78 is 40.2. The molecule has 33 heavy (non-hydrogen) atoms. The number of nitrogens with one attached hydrogen (secondary N) is 2. The third-order valence-corrected chi connectivity index (χ3v) is 9.88. The first-order valence-electron chi connectivity index (χ1n) is 12.7. The summed E-state index contributed by atoms with van der Waals surface area (Å²) in [4.78, 5) is 26.0. The maximum Gasteiger partial charge on any atom is 0.393 e. The lowest BCUT2D eigenvalue weighted by Gasteiger charge is -2.58. The molecular weight excluding hydrogens is 429 g/mol. The Balaban J connectivity index is 1.61. The number of carbonyl (C=O) groups is 2. The van der Waals surface area contributed by atoms with Gasteiger partial charge in [0.25, 0.3) is 11.8 Å². The van der Waals surface area contributed by atoms with Crippen molar-refractivity contribution in [3.05, 3.63) is 11.6 Å². The van der Waals surface area contributed by atoms with Gasteiger partial charge < -0.3 is 10.6 Å². The van der Waals surface area contributed by atoms with Gasteiger partial charge in [0.05, 0.1) is 5.92 Å². The first kappa shape index (κ1) is 24.6. The Kier molecular flexibility index (Phi) is 6.18. The molecule has 2 N–H and O–H groups in total. The Bertz CT molecular complexity index is 838. The number of hydrogen-bond acceptors (Lipinski definition) is 2. The molecule has 3 saturated carbocycles. The topological polar surface area (TPSA) is 58.2 Å². The molecule has 4 rings (SSSR count). The third-order valence-electron chi connectivity index (χ3n) is 9.88. The van der Waals surface area contributed by atoms with Gasteiger partial charge in [-0.1, -0.05) is 47.1 Å². The predicted molar refractivity (Wildman–Crippen MR) is 121 cm³/mol. The maximum atomic E-state index is 13.4. The zero-order valence-electron chi connectivity index (χ0n) is 20.5. The zero-order chi connectivity index (χ0) is 24.3. The number of amides is 2. The molecule has 3 unspecified atom stereocenters. The van der Waals surface area contributed by atoms with E-state index in [9.17, 15) is 22.8 Å². The highest BCUT2D eigenvalue weighted by Gasteiger charge is 2.58. The van der Waals surface area contributed by atoms with Crippen molar-refractivity contribution < 1.29 is 22.8 Å². The third kappa shape index (κ3) is 4.12. The lowest BCUT2D eigenvalue weighted by molar-refractivity contribution is -0.180. The van der Waals surface area contributed by atoms with Crippen LogP contribution in [0, 0.1) is 40.4 Å². The van der Waals surface area contributed by atoms with E-state index in [1.807, 2.05) is 6.08 Å². The molecule has 0 saturated heterocycles. The summed E-state index contributed by atoms with van der Waals surface area (Å²) in [6, 6.07) is -1.12. The number of fused-ring (bicyclic) bond motifs is 5. The van der Waals surface area contributed by atoms with Crippen molar-refractivity contribution in [2.24, 2.45) is 40.4 Å². The fourth-order valence-corrected chi connectivity index (χ4v) is 7.90. The van der Waals surface area contributed by atoms with Gasteiger partial charge in [-0.25, -0.2) is 0 Å². The van der Waals surface area contributed by atoms with Crippen molar-refractivity contribution in [2.75, 3.05) is 0 Å². The van der Waals surface area contributed by atoms with Crippen LogP contribution in [0.25, 0.3) is 0 Å². The average molecular weight is 469 g/mol. The van der Waals surface area contributed by atoms with Crippen LogP contribution in [-0.4, -0.2) is 30.1 Å². The molecule has 3 fully saturated rings. The minimum Gasteiger partial charge on any atom is -0.348 e. The van der Waals surface area contributed by atoms with Crippen LogP contribution in [0.15, 0.2) is 11.6 Å². The van der Waals surface area contributed by atoms with E-state index in [2.05, 4.69) is 24.5 Å². The normalized spacial score (nSPS) is 40.2. The molecule has 3 aliphatic carbocycles. The highest BCUT2D eigenvalue weighted by Crippen LogP contribution is 2.63. The van der Waals surface area contributed by atoms with E-state index in [4.69, 9.17) is 0 Å². The van der Waals surface area contributed by atoms with E-state index in [1.165, 1.54) is 25.7 Å². The number of carbonyl (C=O) groups excluding carboxylic acids is 2. The van der Waals surface area contributed by atoms with Crippen LogP contribution < -0.4 is 10.6 Å². The van der Waals surface area contributed by atoms with Crippen LogP contribution >= 0.6 is 0 Å². The Labute approximate surface area is 195 Å². The molecule has 7 heteroatoms. The van der Waals surface area contributed by atoms with Crippen LogP contribution in [0.5, 0.6) is 0 Å². The van der Waals surface area contributed by atoms with Crippen LogP contribution in [-0.2, 0) is 9.59 Å². The number of rotatable bonds is 4. The lowest BCUT2D eigenvalue weighted by atomic mass is 9.48. The predicted octanol–water partition coefficient (Wildman–Crippen LogP) is 5.38. The molecule has 8 atom stereocenters. The van der Waals surface area contributed by atoms with Gasteiger partial charge >= 0.3 is 6.18 Å². The van der Waals surface area contributed by atoms with Crippen molar-refractivity contribution in [3.8, 4) is 0 Å². The molecule has 0 spiro atoms. The Hall–Kier alpha value is -1.53. The smallest absolute Gasteiger partial charge is 0.348 e. The second kappa shape index (κ2) is 8.30. The van der Waals surface area contributed by atoms with Gasteiger partial charge in [-0.05, 0) is 67.6 Å². The van der Waals surface area contributed by atoms with Gasteiger partial charge in [0.1, 0.15) is 5.57 Å². The van der Waals surface area contributed by atoms with Crippen LogP contribution in [0.4, 0.5) is 13.2 Å². The van der Waals surface area contributed by atoms with E-state index in [0.29, 0.717) is 23.2 Å². The molecular formula is C26H39F3N2O2. The van der Waals surface area contributed by atoms with Crippen molar-refractivity contribution in [2.45, 2.75) is 97.8 Å². The Morgan fingerprint density at radius 3 is 2.42 bits per heavy atom. The minimum atomic E-state index is -4.42. The second-order valence-electron chi connectivity index (χ2n) is 12.1. The fraction of sp³-hybridized carbons (Fsp3) is 0.846. The van der Waals surface area contributed by atoms with Crippen molar-refractivity contribution >= 4 is 11.8 Å². The summed E-state index contributed by atoms with van der Waals surface area (Å²) in [5.41, 5.74) is 0.0371. The van der Waals surface area contributed by atoms with E-state index in [0.717, 1.165) is 26.2 Å². The van der Waals surface area contributed by atoms with Gasteiger partial charge in [-0.3, -0.25) is 9.59 Å². The van der Waals surface area contributed by atoms with Gasteiger partial charge in [0.15, 0.2) is 0 Å². The largest absolute Gasteiger partial charge is 0.393 e. The molecule has 0 radical (unpaired) electrons. The van der Waals surface area contributed by atoms with Gasteiger partial charge in [-0.2, -0.15) is 13.2 Å². The molecule has 2 amide bonds. The quantitative estimate of drug-likeness (QED) is 0.544. The van der Waals surface area contributed by atoms with E-state index in [1.54, 1.807) is 13.8 Å². The molecule has 4 nitrogen and oxygen atoms in total. The van der Waals surface area contributed by atoms with Crippen molar-refractivity contribution in [1.29, 1.82) is 0 Å². The minimum absolute atomic E-state index is 0.0193. The van der Waals surface area contributed by atoms with Crippen LogP contribution in [0.1, 0.15) is 79.6 Å². The molecule has 1 heterocycles. The SMILES string of the molecule is CC(C)C(NC(=O)C1=C[C@@]2(C)C(CC[C@@H]3[C@H]2CC[C@]2(C)CCC[C@@H]32)NC1=O)C(C)C(F)(F)F. The molecule has 0 bridgehead atoms. The van der Waals surface area contributed by atoms with Gasteiger partial charge in [0, 0.05) is 17.5 Å². The van der Waals surface area contributed by atoms with Crippen molar-refractivity contribution in [1.82, 2.24) is 10.6 Å². The van der Waals surface area contributed by atoms with Crippen molar-refractivity contribution in [3.63, 3.8) is 0 Å². The monoisotopic (exact) mass is 468 g/mol. The van der Waals surface area contributed by atoms with E-state index in [-0.39, 0.29) is 17.0 Å². The van der Waals surface area contributed by atoms with E-state index >= 15 is 0 Å². The molecule has 1 aliphatic heterocycles. The second-order valence-corrected chi connectivity index (χ2v) is 12.1. The fourth-order valence-electron chi connectivity index (χ4n) is 7.90. The van der Waals surface area contributed by atoms with Gasteiger partial charge in [0.2, 0.25) is 0 Å². The maximum absolute atomic E-state index is 13.4. The summed E-state index contributed by atoms with van der Waals surface area (Å²) in [5.74, 6) is -1.62. The summed E-state index contributed by atoms with van der Waals surface area (Å²) in [7, 11) is 0. The molecule has 0 aromatic heterocycles. The zero-order valence-corrected chi connectivity index (χ0v) is 20.5. The number of halogens is 3. The Morgan fingerprint density at radius 1 is 1.09 bits per heavy atom.